The Morgan fingerprint density at radius 2 is 0.826 bits per heavy atom. The van der Waals surface area contributed by atoms with Gasteiger partial charge in [0.25, 0.3) is 0 Å². The summed E-state index contributed by atoms with van der Waals surface area (Å²) in [6.45, 7) is 0. The van der Waals surface area contributed by atoms with Crippen LogP contribution < -0.4 is 0 Å². The molecule has 14 aromatic rings. The molecule has 69 heavy (non-hydrogen) atoms. The Morgan fingerprint density at radius 3 is 1.52 bits per heavy atom. The summed E-state index contributed by atoms with van der Waals surface area (Å²) in [7, 11) is 0. The molecule has 0 saturated carbocycles. The molecule has 6 heteroatoms. The standard InChI is InChI=1S/C63H39N5O/c1-5-19-40(20-6-1)41-33-35-44(36-34-41)62-64-61(43-23-9-3-10-24-43)65-63(66-62)49-37-38-54(60-56(49)48-29-15-18-32-55(48)69-60)68-53-31-17-14-28-47(53)57-58(68)50(42-21-7-2-8-22-42)39-51-46-27-13-16-30-52(46)67(59(51)57)45-25-11-4-12-26-45/h1-39H. The van der Waals surface area contributed by atoms with Crippen LogP contribution in [-0.2, 0) is 0 Å². The second-order valence-corrected chi connectivity index (χ2v) is 17.5. The highest BCUT2D eigenvalue weighted by Gasteiger charge is 2.27. The molecular weight excluding hydrogens is 843 g/mol. The van der Waals surface area contributed by atoms with Gasteiger partial charge >= 0.3 is 0 Å². The van der Waals surface area contributed by atoms with Crippen LogP contribution in [0.25, 0.3) is 133 Å². The summed E-state index contributed by atoms with van der Waals surface area (Å²) >= 11 is 0. The van der Waals surface area contributed by atoms with Crippen molar-refractivity contribution in [2.45, 2.75) is 0 Å². The maximum absolute atomic E-state index is 7.13. The number of hydrogen-bond acceptors (Lipinski definition) is 4. The smallest absolute Gasteiger partial charge is 0.164 e. The van der Waals surface area contributed by atoms with Gasteiger partial charge in [0.2, 0.25) is 0 Å². The fourth-order valence-corrected chi connectivity index (χ4v) is 10.5. The molecule has 6 nitrogen and oxygen atoms in total. The van der Waals surface area contributed by atoms with E-state index < -0.39 is 0 Å². The number of para-hydroxylation sites is 4. The largest absolute Gasteiger partial charge is 0.454 e. The Kier molecular flexibility index (Phi) is 8.79. The van der Waals surface area contributed by atoms with Crippen molar-refractivity contribution in [3.05, 3.63) is 237 Å². The van der Waals surface area contributed by atoms with Gasteiger partial charge in [0, 0.05) is 60.3 Å². The van der Waals surface area contributed by atoms with Gasteiger partial charge in [-0.05, 0) is 65.2 Å². The number of fused-ring (bicyclic) bond motifs is 10. The van der Waals surface area contributed by atoms with Crippen molar-refractivity contribution in [1.82, 2.24) is 24.1 Å². The molecule has 0 amide bonds. The third kappa shape index (κ3) is 6.16. The third-order valence-electron chi connectivity index (χ3n) is 13.6. The van der Waals surface area contributed by atoms with E-state index in [2.05, 4.69) is 203 Å². The van der Waals surface area contributed by atoms with E-state index in [1.165, 1.54) is 16.2 Å². The van der Waals surface area contributed by atoms with Gasteiger partial charge in [-0.25, -0.2) is 15.0 Å². The average molecular weight is 882 g/mol. The predicted octanol–water partition coefficient (Wildman–Crippen LogP) is 16.3. The van der Waals surface area contributed by atoms with Gasteiger partial charge in [0.15, 0.2) is 23.1 Å². The number of furan rings is 1. The van der Waals surface area contributed by atoms with Gasteiger partial charge in [0.05, 0.1) is 27.8 Å². The van der Waals surface area contributed by atoms with Crippen LogP contribution in [0.1, 0.15) is 0 Å². The Balaban J connectivity index is 1.08. The minimum Gasteiger partial charge on any atom is -0.454 e. The zero-order chi connectivity index (χ0) is 45.4. The van der Waals surface area contributed by atoms with Gasteiger partial charge < -0.3 is 13.6 Å². The number of benzene rings is 10. The molecule has 0 aliphatic carbocycles. The lowest BCUT2D eigenvalue weighted by atomic mass is 9.98. The summed E-state index contributed by atoms with van der Waals surface area (Å²) in [6.07, 6.45) is 0. The first kappa shape index (κ1) is 38.8. The highest BCUT2D eigenvalue weighted by Crippen LogP contribution is 2.48. The lowest BCUT2D eigenvalue weighted by Gasteiger charge is -2.15. The van der Waals surface area contributed by atoms with E-state index in [0.717, 1.165) is 99.7 Å². The first-order valence-electron chi connectivity index (χ1n) is 23.3. The lowest BCUT2D eigenvalue weighted by molar-refractivity contribution is 0.666. The topological polar surface area (TPSA) is 61.7 Å². The van der Waals surface area contributed by atoms with E-state index in [-0.39, 0.29) is 0 Å². The summed E-state index contributed by atoms with van der Waals surface area (Å²) in [6, 6.07) is 83.2. The van der Waals surface area contributed by atoms with Crippen LogP contribution in [0.2, 0.25) is 0 Å². The Hall–Kier alpha value is -9.39. The summed E-state index contributed by atoms with van der Waals surface area (Å²) in [5.41, 5.74) is 15.3. The van der Waals surface area contributed by atoms with Crippen LogP contribution in [0.3, 0.4) is 0 Å². The summed E-state index contributed by atoms with van der Waals surface area (Å²) in [4.78, 5) is 15.7. The van der Waals surface area contributed by atoms with Crippen molar-refractivity contribution < 1.29 is 4.42 Å². The van der Waals surface area contributed by atoms with Crippen LogP contribution in [0, 0.1) is 0 Å². The lowest BCUT2D eigenvalue weighted by Crippen LogP contribution is -2.01. The van der Waals surface area contributed by atoms with Crippen molar-refractivity contribution in [2.75, 3.05) is 0 Å². The Bertz CT molecular complexity index is 4270. The zero-order valence-corrected chi connectivity index (χ0v) is 37.2. The molecular formula is C63H39N5O. The highest BCUT2D eigenvalue weighted by atomic mass is 16.3. The second-order valence-electron chi connectivity index (χ2n) is 17.5. The van der Waals surface area contributed by atoms with Crippen LogP contribution in [0.5, 0.6) is 0 Å². The molecule has 0 radical (unpaired) electrons. The van der Waals surface area contributed by atoms with E-state index in [1.54, 1.807) is 0 Å². The van der Waals surface area contributed by atoms with Crippen molar-refractivity contribution in [3.8, 4) is 67.8 Å². The SMILES string of the molecule is c1ccc(-c2ccc(-c3nc(-c4ccccc4)nc(-c4ccc(-n5c6ccccc6c6c5c(-c5ccccc5)cc5c7ccccc7n(-c7ccccc7)c56)c5oc6ccccc6c45)n3)cc2)cc1. The monoisotopic (exact) mass is 881 g/mol. The van der Waals surface area contributed by atoms with Crippen molar-refractivity contribution in [3.63, 3.8) is 0 Å². The first-order chi connectivity index (χ1) is 34.2. The van der Waals surface area contributed by atoms with Gasteiger partial charge in [-0.2, -0.15) is 0 Å². The van der Waals surface area contributed by atoms with E-state index in [0.29, 0.717) is 17.5 Å². The molecule has 0 atom stereocenters. The summed E-state index contributed by atoms with van der Waals surface area (Å²) in [5.74, 6) is 1.76. The first-order valence-corrected chi connectivity index (χ1v) is 23.3. The van der Waals surface area contributed by atoms with Crippen LogP contribution in [0.15, 0.2) is 241 Å². The second kappa shape index (κ2) is 15.6. The number of nitrogens with zero attached hydrogens (tertiary/aromatic N) is 5. The Morgan fingerprint density at radius 1 is 0.319 bits per heavy atom. The molecule has 0 bridgehead atoms. The molecule has 10 aromatic carbocycles. The maximum atomic E-state index is 7.13. The maximum Gasteiger partial charge on any atom is 0.164 e. The normalized spacial score (nSPS) is 11.8. The fourth-order valence-electron chi connectivity index (χ4n) is 10.5. The number of rotatable bonds is 7. The van der Waals surface area contributed by atoms with Gasteiger partial charge in [-0.15, -0.1) is 0 Å². The number of hydrogen-bond donors (Lipinski definition) is 0. The molecule has 0 aliphatic rings. The minimum atomic E-state index is 0.565. The van der Waals surface area contributed by atoms with E-state index >= 15 is 0 Å². The zero-order valence-electron chi connectivity index (χ0n) is 37.2. The molecule has 4 heterocycles. The van der Waals surface area contributed by atoms with Crippen molar-refractivity contribution >= 4 is 65.6 Å². The molecule has 0 spiro atoms. The van der Waals surface area contributed by atoms with Crippen LogP contribution in [-0.4, -0.2) is 24.1 Å². The van der Waals surface area contributed by atoms with Crippen LogP contribution >= 0.6 is 0 Å². The van der Waals surface area contributed by atoms with Crippen molar-refractivity contribution in [2.24, 2.45) is 0 Å². The number of aromatic nitrogens is 5. The quantitative estimate of drug-likeness (QED) is 0.160. The molecule has 4 aromatic heterocycles. The minimum absolute atomic E-state index is 0.565. The highest BCUT2D eigenvalue weighted by molar-refractivity contribution is 6.29. The fraction of sp³-hybridized carbons (Fsp3) is 0. The van der Waals surface area contributed by atoms with Gasteiger partial charge in [-0.1, -0.05) is 188 Å². The summed E-state index contributed by atoms with van der Waals surface area (Å²) < 4.78 is 12.0. The van der Waals surface area contributed by atoms with E-state index in [9.17, 15) is 0 Å². The van der Waals surface area contributed by atoms with E-state index in [1.807, 2.05) is 42.5 Å². The summed E-state index contributed by atoms with van der Waals surface area (Å²) in [5, 5.41) is 6.64. The predicted molar refractivity (Wildman–Crippen MR) is 283 cm³/mol. The molecule has 14 rings (SSSR count). The van der Waals surface area contributed by atoms with Crippen LogP contribution in [0.4, 0.5) is 0 Å². The van der Waals surface area contributed by atoms with Gasteiger partial charge in [0.1, 0.15) is 5.58 Å². The molecule has 0 fully saturated rings. The van der Waals surface area contributed by atoms with Crippen molar-refractivity contribution in [1.29, 1.82) is 0 Å². The molecule has 0 N–H and O–H groups in total. The third-order valence-corrected chi connectivity index (χ3v) is 13.6. The Labute approximate surface area is 396 Å². The molecule has 0 saturated heterocycles. The molecule has 322 valence electrons. The van der Waals surface area contributed by atoms with E-state index in [4.69, 9.17) is 19.4 Å². The van der Waals surface area contributed by atoms with Gasteiger partial charge in [-0.3, -0.25) is 0 Å². The molecule has 0 aliphatic heterocycles. The average Bonchev–Trinajstić information content (AvgIpc) is 4.10. The molecule has 0 unspecified atom stereocenters.